The van der Waals surface area contributed by atoms with E-state index in [2.05, 4.69) is 10.4 Å². The van der Waals surface area contributed by atoms with Gasteiger partial charge in [-0.1, -0.05) is 47.5 Å². The Labute approximate surface area is 166 Å². The molecule has 0 bridgehead atoms. The smallest absolute Gasteiger partial charge is 0.343 e. The van der Waals surface area contributed by atoms with E-state index in [1.54, 1.807) is 16.9 Å². The first-order valence-electron chi connectivity index (χ1n) is 8.46. The summed E-state index contributed by atoms with van der Waals surface area (Å²) < 4.78 is 6.58. The number of amides is 1. The van der Waals surface area contributed by atoms with Crippen molar-refractivity contribution in [2.24, 2.45) is 0 Å². The molecule has 3 rings (SSSR count). The van der Waals surface area contributed by atoms with Crippen LogP contribution in [0, 0.1) is 6.92 Å². The zero-order chi connectivity index (χ0) is 20.1. The van der Waals surface area contributed by atoms with Crippen LogP contribution in [0.5, 0.6) is 5.75 Å². The molecule has 0 radical (unpaired) electrons. The molecule has 7 nitrogen and oxygen atoms in total. The molecule has 0 saturated carbocycles. The summed E-state index contributed by atoms with van der Waals surface area (Å²) in [5, 5.41) is 16.6. The summed E-state index contributed by atoms with van der Waals surface area (Å²) in [4.78, 5) is 24.2. The van der Waals surface area contributed by atoms with Gasteiger partial charge in [-0.15, -0.1) is 0 Å². The lowest BCUT2D eigenvalue weighted by atomic mass is 10.1. The maximum atomic E-state index is 12.1. The molecule has 0 fully saturated rings. The summed E-state index contributed by atoms with van der Waals surface area (Å²) in [5.74, 6) is -1.25. The molecule has 2 N–H and O–H groups in total. The molecule has 2 aromatic carbocycles. The molecule has 3 aromatic rings. The number of aromatic nitrogens is 2. The minimum atomic E-state index is -0.883. The fourth-order valence-electron chi connectivity index (χ4n) is 2.65. The van der Waals surface area contributed by atoms with E-state index in [1.165, 1.54) is 18.2 Å². The Hall–Kier alpha value is -3.32. The van der Waals surface area contributed by atoms with Crippen molar-refractivity contribution < 1.29 is 19.4 Å². The van der Waals surface area contributed by atoms with Crippen molar-refractivity contribution in [2.45, 2.75) is 13.5 Å². The highest BCUT2D eigenvalue weighted by atomic mass is 35.5. The number of esters is 1. The van der Waals surface area contributed by atoms with Gasteiger partial charge in [0.15, 0.2) is 6.61 Å². The predicted molar refractivity (Wildman–Crippen MR) is 105 cm³/mol. The Kier molecular flexibility index (Phi) is 5.96. The second-order valence-corrected chi connectivity index (χ2v) is 6.53. The predicted octanol–water partition coefficient (Wildman–Crippen LogP) is 3.39. The van der Waals surface area contributed by atoms with E-state index in [0.29, 0.717) is 12.4 Å². The second kappa shape index (κ2) is 8.58. The van der Waals surface area contributed by atoms with E-state index in [4.69, 9.17) is 16.3 Å². The molecule has 0 aliphatic rings. The third-order valence-electron chi connectivity index (χ3n) is 3.93. The van der Waals surface area contributed by atoms with E-state index in [1.807, 2.05) is 31.2 Å². The molecule has 1 heterocycles. The van der Waals surface area contributed by atoms with Gasteiger partial charge < -0.3 is 15.2 Å². The number of benzene rings is 2. The number of aryl methyl sites for hydroxylation is 1. The number of ether oxygens (including phenoxy) is 1. The van der Waals surface area contributed by atoms with Crippen molar-refractivity contribution in [1.82, 2.24) is 9.78 Å². The molecule has 144 valence electrons. The number of halogens is 1. The van der Waals surface area contributed by atoms with Crippen LogP contribution in [0.4, 0.5) is 5.82 Å². The lowest BCUT2D eigenvalue weighted by Gasteiger charge is -2.10. The van der Waals surface area contributed by atoms with Gasteiger partial charge in [-0.2, -0.15) is 5.10 Å². The molecule has 1 amide bonds. The summed E-state index contributed by atoms with van der Waals surface area (Å²) in [6.45, 7) is 1.96. The van der Waals surface area contributed by atoms with E-state index in [0.717, 1.165) is 11.1 Å². The van der Waals surface area contributed by atoms with Gasteiger partial charge in [-0.3, -0.25) is 4.79 Å². The number of aromatic hydroxyl groups is 1. The molecule has 0 unspecified atom stereocenters. The average molecular weight is 400 g/mol. The average Bonchev–Trinajstić information content (AvgIpc) is 3.06. The number of nitrogens with one attached hydrogen (secondary N) is 1. The molecule has 0 aliphatic carbocycles. The molecule has 0 saturated heterocycles. The van der Waals surface area contributed by atoms with Gasteiger partial charge in [-0.05, 0) is 24.6 Å². The van der Waals surface area contributed by atoms with Crippen LogP contribution < -0.4 is 5.32 Å². The lowest BCUT2D eigenvalue weighted by Crippen LogP contribution is -2.23. The van der Waals surface area contributed by atoms with Crippen molar-refractivity contribution in [3.63, 3.8) is 0 Å². The van der Waals surface area contributed by atoms with Crippen molar-refractivity contribution >= 4 is 29.3 Å². The van der Waals surface area contributed by atoms with Gasteiger partial charge in [0.2, 0.25) is 0 Å². The zero-order valence-electron chi connectivity index (χ0n) is 15.1. The lowest BCUT2D eigenvalue weighted by molar-refractivity contribution is -0.119. The van der Waals surface area contributed by atoms with Crippen LogP contribution in [-0.4, -0.2) is 33.4 Å². The number of phenolic OH excluding ortho intramolecular Hbond substituents is 1. The van der Waals surface area contributed by atoms with E-state index >= 15 is 0 Å². The van der Waals surface area contributed by atoms with Gasteiger partial charge in [0.05, 0.1) is 17.8 Å². The summed E-state index contributed by atoms with van der Waals surface area (Å²) in [7, 11) is 0. The minimum Gasteiger partial charge on any atom is -0.507 e. The number of anilines is 1. The normalized spacial score (nSPS) is 10.5. The third-order valence-corrected chi connectivity index (χ3v) is 4.24. The van der Waals surface area contributed by atoms with Crippen molar-refractivity contribution in [3.05, 3.63) is 76.4 Å². The summed E-state index contributed by atoms with van der Waals surface area (Å²) in [6.07, 6.45) is 1.57. The van der Waals surface area contributed by atoms with Crippen molar-refractivity contribution in [2.75, 3.05) is 11.9 Å². The van der Waals surface area contributed by atoms with Crippen LogP contribution in [0.15, 0.2) is 54.7 Å². The first-order chi connectivity index (χ1) is 13.4. The molecule has 8 heteroatoms. The first-order valence-corrected chi connectivity index (χ1v) is 8.83. The molecular formula is C20H18ClN3O4. The van der Waals surface area contributed by atoms with Crippen molar-refractivity contribution in [1.29, 1.82) is 0 Å². The highest BCUT2D eigenvalue weighted by Crippen LogP contribution is 2.25. The largest absolute Gasteiger partial charge is 0.507 e. The highest BCUT2D eigenvalue weighted by Gasteiger charge is 2.18. The van der Waals surface area contributed by atoms with Gasteiger partial charge in [0.25, 0.3) is 5.91 Å². The van der Waals surface area contributed by atoms with Crippen LogP contribution >= 0.6 is 11.6 Å². The molecule has 0 atom stereocenters. The minimum absolute atomic E-state index is 0.0432. The quantitative estimate of drug-likeness (QED) is 0.619. The van der Waals surface area contributed by atoms with Gasteiger partial charge >= 0.3 is 5.97 Å². The number of rotatable bonds is 6. The van der Waals surface area contributed by atoms with Crippen LogP contribution in [0.1, 0.15) is 21.5 Å². The number of carbonyl (C=O) groups excluding carboxylic acids is 2. The fourth-order valence-corrected chi connectivity index (χ4v) is 2.89. The van der Waals surface area contributed by atoms with Crippen LogP contribution in [-0.2, 0) is 16.1 Å². The second-order valence-electron chi connectivity index (χ2n) is 6.12. The fraction of sp³-hybridized carbons (Fsp3) is 0.150. The summed E-state index contributed by atoms with van der Waals surface area (Å²) >= 11 is 5.89. The number of carbonyl (C=O) groups is 2. The van der Waals surface area contributed by atoms with Crippen LogP contribution in [0.25, 0.3) is 0 Å². The van der Waals surface area contributed by atoms with Crippen LogP contribution in [0.3, 0.4) is 0 Å². The molecule has 0 aliphatic heterocycles. The summed E-state index contributed by atoms with van der Waals surface area (Å²) in [5.41, 5.74) is 1.99. The summed E-state index contributed by atoms with van der Waals surface area (Å²) in [6, 6.07) is 13.9. The monoisotopic (exact) mass is 399 g/mol. The number of phenols is 1. The van der Waals surface area contributed by atoms with E-state index in [-0.39, 0.29) is 16.3 Å². The Morgan fingerprint density at radius 3 is 2.75 bits per heavy atom. The maximum absolute atomic E-state index is 12.1. The SMILES string of the molecule is Cc1cccc(Cn2nccc2NC(=O)COC(=O)c2c(O)cccc2Cl)c1. The van der Waals surface area contributed by atoms with Gasteiger partial charge in [-0.25, -0.2) is 9.48 Å². The standard InChI is InChI=1S/C20H18ClN3O4/c1-13-4-2-5-14(10-13)11-24-17(8-9-22-24)23-18(26)12-28-20(27)19-15(21)6-3-7-16(19)25/h2-10,25H,11-12H2,1H3,(H,23,26). The van der Waals surface area contributed by atoms with Gasteiger partial charge in [0.1, 0.15) is 17.1 Å². The molecule has 28 heavy (non-hydrogen) atoms. The Morgan fingerprint density at radius 2 is 2.00 bits per heavy atom. The molecule has 0 spiro atoms. The number of hydrogen-bond acceptors (Lipinski definition) is 5. The van der Waals surface area contributed by atoms with Crippen LogP contribution in [0.2, 0.25) is 5.02 Å². The number of nitrogens with zero attached hydrogens (tertiary/aromatic N) is 2. The third kappa shape index (κ3) is 4.69. The first kappa shape index (κ1) is 19.4. The Bertz CT molecular complexity index is 996. The van der Waals surface area contributed by atoms with Gasteiger partial charge in [0, 0.05) is 6.07 Å². The zero-order valence-corrected chi connectivity index (χ0v) is 15.8. The van der Waals surface area contributed by atoms with E-state index in [9.17, 15) is 14.7 Å². The number of hydrogen-bond donors (Lipinski definition) is 2. The highest BCUT2D eigenvalue weighted by molar-refractivity contribution is 6.34. The topological polar surface area (TPSA) is 93.5 Å². The molecular weight excluding hydrogens is 382 g/mol. The Balaban J connectivity index is 1.60. The Morgan fingerprint density at radius 1 is 1.21 bits per heavy atom. The maximum Gasteiger partial charge on any atom is 0.343 e. The van der Waals surface area contributed by atoms with E-state index < -0.39 is 18.5 Å². The van der Waals surface area contributed by atoms with Crippen molar-refractivity contribution in [3.8, 4) is 5.75 Å². The molecule has 1 aromatic heterocycles.